The highest BCUT2D eigenvalue weighted by Gasteiger charge is 2.00. The molecule has 0 atom stereocenters. The number of nitrogen functional groups attached to an aromatic ring is 1. The summed E-state index contributed by atoms with van der Waals surface area (Å²) in [5.41, 5.74) is 8.11. The largest absolute Gasteiger partial charge is 0.398 e. The van der Waals surface area contributed by atoms with Crippen molar-refractivity contribution in [2.75, 3.05) is 12.3 Å². The number of hydrogen-bond acceptors (Lipinski definition) is 2. The van der Waals surface area contributed by atoms with Crippen LogP contribution >= 0.6 is 11.6 Å². The van der Waals surface area contributed by atoms with E-state index in [0.29, 0.717) is 23.7 Å². The number of aryl methyl sites for hydroxylation is 1. The van der Waals surface area contributed by atoms with Crippen molar-refractivity contribution in [3.05, 3.63) is 28.3 Å². The average Bonchev–Trinajstić information content (AvgIpc) is 2.24. The Balaban J connectivity index is 2.66. The van der Waals surface area contributed by atoms with Crippen LogP contribution in [0, 0.1) is 18.8 Å². The number of nitrogens with one attached hydrogen (secondary N) is 1. The van der Waals surface area contributed by atoms with Gasteiger partial charge in [-0.25, -0.2) is 0 Å². The predicted octanol–water partition coefficient (Wildman–Crippen LogP) is 2.11. The van der Waals surface area contributed by atoms with Gasteiger partial charge in [0.15, 0.2) is 0 Å². The second-order valence-corrected chi connectivity index (χ2v) is 4.13. The third-order valence-electron chi connectivity index (χ3n) is 2.20. The van der Waals surface area contributed by atoms with Crippen LogP contribution < -0.4 is 11.1 Å². The van der Waals surface area contributed by atoms with Crippen LogP contribution in [0.5, 0.6) is 0 Å². The van der Waals surface area contributed by atoms with E-state index in [9.17, 15) is 4.79 Å². The Morgan fingerprint density at radius 2 is 2.24 bits per heavy atom. The number of benzene rings is 1. The van der Waals surface area contributed by atoms with Crippen molar-refractivity contribution in [2.24, 2.45) is 0 Å². The van der Waals surface area contributed by atoms with E-state index in [4.69, 9.17) is 17.3 Å². The lowest BCUT2D eigenvalue weighted by Crippen LogP contribution is -2.20. The standard InChI is InChI=1S/C13H15ClN2O/c1-9-7-11(12(14)8-13(9)15)5-3-4-6-16-10(2)17/h7-8H,4,6,15H2,1-2H3,(H,16,17). The SMILES string of the molecule is CC(=O)NCCC#Cc1cc(C)c(N)cc1Cl. The summed E-state index contributed by atoms with van der Waals surface area (Å²) >= 11 is 6.01. The van der Waals surface area contributed by atoms with E-state index in [1.807, 2.05) is 13.0 Å². The zero-order valence-corrected chi connectivity index (χ0v) is 10.7. The Bertz CT molecular complexity index is 486. The molecule has 0 aliphatic rings. The maximum Gasteiger partial charge on any atom is 0.216 e. The number of amides is 1. The molecule has 0 spiro atoms. The van der Waals surface area contributed by atoms with Crippen molar-refractivity contribution in [1.29, 1.82) is 0 Å². The van der Waals surface area contributed by atoms with Crippen molar-refractivity contribution in [3.8, 4) is 11.8 Å². The molecule has 0 radical (unpaired) electrons. The van der Waals surface area contributed by atoms with Crippen molar-refractivity contribution < 1.29 is 4.79 Å². The molecule has 1 amide bonds. The molecule has 0 saturated heterocycles. The van der Waals surface area contributed by atoms with Gasteiger partial charge in [-0.1, -0.05) is 23.4 Å². The van der Waals surface area contributed by atoms with Gasteiger partial charge in [0, 0.05) is 31.1 Å². The maximum atomic E-state index is 10.6. The minimum atomic E-state index is -0.0480. The summed E-state index contributed by atoms with van der Waals surface area (Å²) in [6.07, 6.45) is 0.597. The second-order valence-electron chi connectivity index (χ2n) is 3.72. The third-order valence-corrected chi connectivity index (χ3v) is 2.52. The minimum absolute atomic E-state index is 0.0480. The van der Waals surface area contributed by atoms with E-state index < -0.39 is 0 Å². The quantitative estimate of drug-likeness (QED) is 0.480. The van der Waals surface area contributed by atoms with Crippen LogP contribution in [-0.2, 0) is 4.79 Å². The lowest BCUT2D eigenvalue weighted by molar-refractivity contribution is -0.118. The van der Waals surface area contributed by atoms with Crippen molar-refractivity contribution in [3.63, 3.8) is 0 Å². The number of hydrogen-bond donors (Lipinski definition) is 2. The molecule has 0 bridgehead atoms. The van der Waals surface area contributed by atoms with Gasteiger partial charge in [0.1, 0.15) is 0 Å². The molecule has 0 aromatic heterocycles. The molecule has 1 rings (SSSR count). The molecule has 17 heavy (non-hydrogen) atoms. The summed E-state index contributed by atoms with van der Waals surface area (Å²) < 4.78 is 0. The summed E-state index contributed by atoms with van der Waals surface area (Å²) in [5.74, 6) is 5.87. The van der Waals surface area contributed by atoms with Gasteiger partial charge in [0.05, 0.1) is 5.02 Å². The monoisotopic (exact) mass is 250 g/mol. The van der Waals surface area contributed by atoms with Gasteiger partial charge in [-0.05, 0) is 24.6 Å². The first-order valence-corrected chi connectivity index (χ1v) is 5.67. The number of nitrogens with two attached hydrogens (primary N) is 1. The van der Waals surface area contributed by atoms with Gasteiger partial charge < -0.3 is 11.1 Å². The second kappa shape index (κ2) is 6.17. The van der Waals surface area contributed by atoms with E-state index in [1.165, 1.54) is 6.92 Å². The zero-order chi connectivity index (χ0) is 12.8. The lowest BCUT2D eigenvalue weighted by atomic mass is 10.1. The van der Waals surface area contributed by atoms with Gasteiger partial charge in [-0.2, -0.15) is 0 Å². The number of rotatable bonds is 2. The van der Waals surface area contributed by atoms with Gasteiger partial charge in [-0.3, -0.25) is 4.79 Å². The summed E-state index contributed by atoms with van der Waals surface area (Å²) in [6.45, 7) is 3.94. The van der Waals surface area contributed by atoms with Crippen LogP contribution in [0.15, 0.2) is 12.1 Å². The first kappa shape index (κ1) is 13.4. The normalized spacial score (nSPS) is 9.35. The Morgan fingerprint density at radius 1 is 1.53 bits per heavy atom. The van der Waals surface area contributed by atoms with Crippen LogP contribution in [0.3, 0.4) is 0 Å². The highest BCUT2D eigenvalue weighted by molar-refractivity contribution is 6.32. The van der Waals surface area contributed by atoms with E-state index >= 15 is 0 Å². The summed E-state index contributed by atoms with van der Waals surface area (Å²) in [6, 6.07) is 3.57. The number of anilines is 1. The third kappa shape index (κ3) is 4.38. The zero-order valence-electron chi connectivity index (χ0n) is 9.93. The Hall–Kier alpha value is -1.66. The molecule has 0 aliphatic carbocycles. The van der Waals surface area contributed by atoms with E-state index in [1.54, 1.807) is 6.07 Å². The number of halogens is 1. The first-order chi connectivity index (χ1) is 8.00. The molecular formula is C13H15ClN2O. The fraction of sp³-hybridized carbons (Fsp3) is 0.308. The molecule has 3 N–H and O–H groups in total. The molecule has 3 nitrogen and oxygen atoms in total. The number of carbonyl (C=O) groups is 1. The molecule has 1 aromatic carbocycles. The minimum Gasteiger partial charge on any atom is -0.398 e. The van der Waals surface area contributed by atoms with Crippen LogP contribution in [0.2, 0.25) is 5.02 Å². The van der Waals surface area contributed by atoms with Gasteiger partial charge >= 0.3 is 0 Å². The maximum absolute atomic E-state index is 10.6. The molecular weight excluding hydrogens is 236 g/mol. The summed E-state index contributed by atoms with van der Waals surface area (Å²) in [4.78, 5) is 10.6. The van der Waals surface area contributed by atoms with Gasteiger partial charge in [0.25, 0.3) is 0 Å². The smallest absolute Gasteiger partial charge is 0.216 e. The Labute approximate surface area is 106 Å². The molecule has 0 aliphatic heterocycles. The van der Waals surface area contributed by atoms with E-state index in [-0.39, 0.29) is 5.91 Å². The van der Waals surface area contributed by atoms with Crippen LogP contribution in [0.25, 0.3) is 0 Å². The molecule has 0 heterocycles. The summed E-state index contributed by atoms with van der Waals surface area (Å²) in [7, 11) is 0. The predicted molar refractivity (Wildman–Crippen MR) is 70.8 cm³/mol. The van der Waals surface area contributed by atoms with E-state index in [0.717, 1.165) is 11.1 Å². The Morgan fingerprint density at radius 3 is 2.88 bits per heavy atom. The number of carbonyl (C=O) groups excluding carboxylic acids is 1. The van der Waals surface area contributed by atoms with Crippen molar-refractivity contribution >= 4 is 23.2 Å². The van der Waals surface area contributed by atoms with Gasteiger partial charge in [-0.15, -0.1) is 0 Å². The molecule has 0 fully saturated rings. The van der Waals surface area contributed by atoms with Gasteiger partial charge in [0.2, 0.25) is 5.91 Å². The average molecular weight is 251 g/mol. The lowest BCUT2D eigenvalue weighted by Gasteiger charge is -2.02. The fourth-order valence-corrected chi connectivity index (χ4v) is 1.47. The van der Waals surface area contributed by atoms with Crippen molar-refractivity contribution in [2.45, 2.75) is 20.3 Å². The molecule has 1 aromatic rings. The highest BCUT2D eigenvalue weighted by Crippen LogP contribution is 2.21. The van der Waals surface area contributed by atoms with E-state index in [2.05, 4.69) is 17.2 Å². The Kier molecular flexibility index (Phi) is 4.86. The first-order valence-electron chi connectivity index (χ1n) is 5.29. The summed E-state index contributed by atoms with van der Waals surface area (Å²) in [5, 5.41) is 3.23. The molecule has 90 valence electrons. The fourth-order valence-electron chi connectivity index (χ4n) is 1.25. The topological polar surface area (TPSA) is 55.1 Å². The van der Waals surface area contributed by atoms with Crippen molar-refractivity contribution in [1.82, 2.24) is 5.32 Å². The van der Waals surface area contributed by atoms with Crippen LogP contribution in [-0.4, -0.2) is 12.5 Å². The highest BCUT2D eigenvalue weighted by atomic mass is 35.5. The molecule has 4 heteroatoms. The van der Waals surface area contributed by atoms with Crippen LogP contribution in [0.4, 0.5) is 5.69 Å². The molecule has 0 unspecified atom stereocenters. The molecule has 0 saturated carbocycles. The van der Waals surface area contributed by atoms with Crippen LogP contribution in [0.1, 0.15) is 24.5 Å².